The molecule has 1 fully saturated rings. The van der Waals surface area contributed by atoms with Gasteiger partial charge in [0.1, 0.15) is 0 Å². The Morgan fingerprint density at radius 2 is 1.82 bits per heavy atom. The van der Waals surface area contributed by atoms with Crippen molar-refractivity contribution in [1.29, 1.82) is 0 Å². The van der Waals surface area contributed by atoms with Crippen LogP contribution in [-0.4, -0.2) is 27.7 Å². The minimum absolute atomic E-state index is 0.285. The normalized spacial score (nSPS) is 19.8. The Morgan fingerprint density at radius 1 is 1.18 bits per heavy atom. The van der Waals surface area contributed by atoms with E-state index in [-0.39, 0.29) is 6.04 Å². The molecular weight excluding hydrogens is 343 g/mol. The van der Waals surface area contributed by atoms with Crippen LogP contribution in [0.1, 0.15) is 24.4 Å². The van der Waals surface area contributed by atoms with Crippen molar-refractivity contribution in [2.45, 2.75) is 22.7 Å². The minimum atomic E-state index is -1.96. The monoisotopic (exact) mass is 358 g/mol. The number of piperidine rings is 1. The molecule has 1 atom stereocenters. The zero-order valence-electron chi connectivity index (χ0n) is 11.9. The molecule has 3 aliphatic rings. The third kappa shape index (κ3) is 3.37. The van der Waals surface area contributed by atoms with Gasteiger partial charge in [0.05, 0.1) is 6.04 Å². The molecule has 3 heterocycles. The van der Waals surface area contributed by atoms with Crippen LogP contribution in [0.3, 0.4) is 0 Å². The molecule has 0 radical (unpaired) electrons. The second-order valence-corrected chi connectivity index (χ2v) is 8.01. The lowest BCUT2D eigenvalue weighted by atomic mass is 9.87. The molecule has 4 rings (SSSR count). The van der Waals surface area contributed by atoms with Crippen molar-refractivity contribution in [3.8, 4) is 0 Å². The Morgan fingerprint density at radius 3 is 2.32 bits per heavy atom. The molecule has 1 N–H and O–H groups in total. The lowest BCUT2D eigenvalue weighted by Crippen LogP contribution is -2.45. The molecule has 3 nitrogen and oxygen atoms in total. The highest BCUT2D eigenvalue weighted by molar-refractivity contribution is 6.76. The van der Waals surface area contributed by atoms with Crippen molar-refractivity contribution in [1.82, 2.24) is 10.2 Å². The number of nitrogens with zero attached hydrogens (tertiary/aromatic N) is 1. The largest absolute Gasteiger partial charge is 0.373 e. The van der Waals surface area contributed by atoms with E-state index in [9.17, 15) is 4.79 Å². The third-order valence-corrected chi connectivity index (χ3v) is 4.79. The van der Waals surface area contributed by atoms with Gasteiger partial charge in [-0.15, -0.1) is 0 Å². The fourth-order valence-electron chi connectivity index (χ4n) is 3.14. The van der Waals surface area contributed by atoms with Crippen LogP contribution in [0.5, 0.6) is 0 Å². The maximum Gasteiger partial charge on any atom is 0.272 e. The molecule has 1 saturated heterocycles. The summed E-state index contributed by atoms with van der Waals surface area (Å²) >= 11 is 17.2. The summed E-state index contributed by atoms with van der Waals surface area (Å²) in [6.07, 6.45) is 4.59. The highest BCUT2D eigenvalue weighted by Gasteiger charge is 2.36. The molecule has 0 aromatic heterocycles. The summed E-state index contributed by atoms with van der Waals surface area (Å²) in [6, 6.07) is 9.51. The summed E-state index contributed by atoms with van der Waals surface area (Å²) < 4.78 is -1.96. The van der Waals surface area contributed by atoms with Gasteiger partial charge in [0.15, 0.2) is 0 Å². The Balaban J connectivity index is 1.92. The van der Waals surface area contributed by atoms with Crippen LogP contribution in [0, 0.1) is 5.92 Å². The van der Waals surface area contributed by atoms with Crippen molar-refractivity contribution in [3.63, 3.8) is 0 Å². The first kappa shape index (κ1) is 16.0. The Labute approximate surface area is 145 Å². The van der Waals surface area contributed by atoms with Crippen molar-refractivity contribution in [2.24, 2.45) is 5.92 Å². The van der Waals surface area contributed by atoms with Gasteiger partial charge in [-0.05, 0) is 24.3 Å². The van der Waals surface area contributed by atoms with E-state index in [0.717, 1.165) is 24.4 Å². The van der Waals surface area contributed by atoms with Crippen LogP contribution < -0.4 is 5.32 Å². The van der Waals surface area contributed by atoms with Crippen molar-refractivity contribution in [2.75, 3.05) is 13.1 Å². The number of alkyl halides is 3. The summed E-state index contributed by atoms with van der Waals surface area (Å²) in [4.78, 5) is 14.5. The topological polar surface area (TPSA) is 32.3 Å². The molecule has 1 aromatic rings. The maximum atomic E-state index is 12.1. The minimum Gasteiger partial charge on any atom is -0.373 e. The summed E-state index contributed by atoms with van der Waals surface area (Å²) in [5.74, 6) is -0.0224. The van der Waals surface area contributed by atoms with E-state index in [2.05, 4.69) is 16.3 Å². The molecule has 22 heavy (non-hydrogen) atoms. The number of carbonyl (C=O) groups is 1. The average molecular weight is 360 g/mol. The van der Waals surface area contributed by atoms with Crippen LogP contribution in [-0.2, 0) is 4.79 Å². The summed E-state index contributed by atoms with van der Waals surface area (Å²) in [5.41, 5.74) is 2.10. The summed E-state index contributed by atoms with van der Waals surface area (Å²) in [7, 11) is 0. The SMILES string of the molecule is O=C(N[C@H](C1=CC2CCN1CC2)c1ccccc1)C(Cl)(Cl)Cl. The zero-order valence-corrected chi connectivity index (χ0v) is 14.2. The number of carbonyl (C=O) groups excluding carboxylic acids is 1. The Hall–Kier alpha value is -0.900. The smallest absolute Gasteiger partial charge is 0.272 e. The highest BCUT2D eigenvalue weighted by atomic mass is 35.6. The number of amides is 1. The van der Waals surface area contributed by atoms with Gasteiger partial charge in [-0.25, -0.2) is 0 Å². The Kier molecular flexibility index (Phi) is 4.58. The molecule has 3 aliphatic heterocycles. The number of hydrogen-bond acceptors (Lipinski definition) is 2. The number of halogens is 3. The van der Waals surface area contributed by atoms with Crippen molar-refractivity contribution >= 4 is 40.7 Å². The zero-order chi connectivity index (χ0) is 15.7. The lowest BCUT2D eigenvalue weighted by molar-refractivity contribution is -0.120. The van der Waals surface area contributed by atoms with Crippen LogP contribution in [0.2, 0.25) is 0 Å². The fraction of sp³-hybridized carbons (Fsp3) is 0.438. The first-order valence-electron chi connectivity index (χ1n) is 7.34. The van der Waals surface area contributed by atoms with Crippen molar-refractivity contribution < 1.29 is 4.79 Å². The molecule has 1 amide bonds. The second kappa shape index (κ2) is 6.31. The van der Waals surface area contributed by atoms with E-state index in [0.29, 0.717) is 5.92 Å². The molecule has 0 aliphatic carbocycles. The number of rotatable bonds is 3. The number of hydrogen-bond donors (Lipinski definition) is 1. The van der Waals surface area contributed by atoms with Gasteiger partial charge in [0.25, 0.3) is 9.70 Å². The molecule has 2 bridgehead atoms. The van der Waals surface area contributed by atoms with Gasteiger partial charge in [0.2, 0.25) is 0 Å². The van der Waals surface area contributed by atoms with E-state index in [4.69, 9.17) is 34.8 Å². The molecule has 118 valence electrons. The first-order valence-corrected chi connectivity index (χ1v) is 8.48. The van der Waals surface area contributed by atoms with E-state index in [1.807, 2.05) is 30.3 Å². The molecule has 0 unspecified atom stereocenters. The molecule has 1 aromatic carbocycles. The number of fused-ring (bicyclic) bond motifs is 2. The fourth-order valence-corrected chi connectivity index (χ4v) is 3.30. The summed E-state index contributed by atoms with van der Waals surface area (Å²) in [6.45, 7) is 2.03. The average Bonchev–Trinajstić information content (AvgIpc) is 2.53. The standard InChI is InChI=1S/C16H17Cl3N2O/c17-16(18,19)15(22)20-14(12-4-2-1-3-5-12)13-10-11-6-8-21(13)9-7-11/h1-5,10-11,14H,6-9H2,(H,20,22)/t14-/m0/s1. The number of nitrogens with one attached hydrogen (secondary N) is 1. The first-order chi connectivity index (χ1) is 10.4. The van der Waals surface area contributed by atoms with Gasteiger partial charge in [-0.1, -0.05) is 71.2 Å². The Bertz CT molecular complexity index is 575. The highest BCUT2D eigenvalue weighted by Crippen LogP contribution is 2.37. The molecule has 6 heteroatoms. The quantitative estimate of drug-likeness (QED) is 0.832. The van der Waals surface area contributed by atoms with Gasteiger partial charge >= 0.3 is 0 Å². The number of benzene rings is 1. The summed E-state index contributed by atoms with van der Waals surface area (Å²) in [5, 5.41) is 2.88. The van der Waals surface area contributed by atoms with Gasteiger partial charge in [-0.2, -0.15) is 0 Å². The van der Waals surface area contributed by atoms with E-state index < -0.39 is 9.70 Å². The van der Waals surface area contributed by atoms with E-state index >= 15 is 0 Å². The molecular formula is C16H17Cl3N2O. The van der Waals surface area contributed by atoms with Crippen LogP contribution in [0.4, 0.5) is 0 Å². The van der Waals surface area contributed by atoms with Gasteiger partial charge < -0.3 is 10.2 Å². The predicted octanol–water partition coefficient (Wildman–Crippen LogP) is 3.82. The predicted molar refractivity (Wildman–Crippen MR) is 90.0 cm³/mol. The third-order valence-electron chi connectivity index (χ3n) is 4.27. The van der Waals surface area contributed by atoms with E-state index in [1.54, 1.807) is 0 Å². The number of allylic oxidation sites excluding steroid dienone is 1. The van der Waals surface area contributed by atoms with Crippen molar-refractivity contribution in [3.05, 3.63) is 47.7 Å². The van der Waals surface area contributed by atoms with Crippen LogP contribution >= 0.6 is 34.8 Å². The second-order valence-electron chi connectivity index (χ2n) is 5.73. The van der Waals surface area contributed by atoms with Crippen LogP contribution in [0.15, 0.2) is 42.1 Å². The van der Waals surface area contributed by atoms with E-state index in [1.165, 1.54) is 12.8 Å². The van der Waals surface area contributed by atoms with Crippen LogP contribution in [0.25, 0.3) is 0 Å². The molecule has 0 spiro atoms. The lowest BCUT2D eigenvalue weighted by Gasteiger charge is -2.43. The van der Waals surface area contributed by atoms with Gasteiger partial charge in [0, 0.05) is 18.8 Å². The maximum absolute atomic E-state index is 12.1. The van der Waals surface area contributed by atoms with Gasteiger partial charge in [-0.3, -0.25) is 4.79 Å². The molecule has 0 saturated carbocycles.